The number of hydrogen-bond acceptors (Lipinski definition) is 16. The van der Waals surface area contributed by atoms with Crippen LogP contribution in [-0.2, 0) is 23.7 Å². The number of aliphatic hydroxyl groups excluding tert-OH is 10. The maximum Gasteiger partial charge on any atom is 0.219 e. The van der Waals surface area contributed by atoms with E-state index in [1.807, 2.05) is 0 Å². The van der Waals surface area contributed by atoms with Crippen LogP contribution in [0.4, 0.5) is 0 Å². The smallest absolute Gasteiger partial charge is 0.219 e. The molecule has 16 heteroatoms. The van der Waals surface area contributed by atoms with Crippen LogP contribution in [0.3, 0.4) is 0 Å². The number of ether oxygens (including phenoxy) is 5. The molecule has 0 amide bonds. The van der Waals surface area contributed by atoms with Gasteiger partial charge in [0.05, 0.1) is 19.8 Å². The molecule has 0 aromatic heterocycles. The summed E-state index contributed by atoms with van der Waals surface area (Å²) >= 11 is 0. The number of aliphatic hydroxyl groups is 11. The minimum absolute atomic E-state index is 0.594. The summed E-state index contributed by atoms with van der Waals surface area (Å²) in [5.41, 5.74) is 0. The molecule has 0 aromatic carbocycles. The monoisotopic (exact) mass is 504 g/mol. The molecule has 3 aliphatic heterocycles. The minimum atomic E-state index is -2.55. The fourth-order valence-corrected chi connectivity index (χ4v) is 3.93. The summed E-state index contributed by atoms with van der Waals surface area (Å²) in [4.78, 5) is 0. The third-order valence-electron chi connectivity index (χ3n) is 6.10. The van der Waals surface area contributed by atoms with Crippen molar-refractivity contribution in [2.24, 2.45) is 0 Å². The van der Waals surface area contributed by atoms with E-state index in [1.165, 1.54) is 0 Å². The Morgan fingerprint density at radius 3 is 1.53 bits per heavy atom. The molecule has 3 saturated heterocycles. The topological polar surface area (TPSA) is 269 Å². The Balaban J connectivity index is 1.57. The third kappa shape index (κ3) is 5.37. The first-order chi connectivity index (χ1) is 15.9. The predicted molar refractivity (Wildman–Crippen MR) is 101 cm³/mol. The summed E-state index contributed by atoms with van der Waals surface area (Å²) in [5, 5.41) is 109. The van der Waals surface area contributed by atoms with Gasteiger partial charge in [-0.15, -0.1) is 0 Å². The van der Waals surface area contributed by atoms with Crippen LogP contribution in [0.15, 0.2) is 0 Å². The van der Waals surface area contributed by atoms with E-state index in [-0.39, 0.29) is 0 Å². The summed E-state index contributed by atoms with van der Waals surface area (Å²) in [6.07, 6.45) is -21.0. The van der Waals surface area contributed by atoms with E-state index in [9.17, 15) is 56.2 Å². The van der Waals surface area contributed by atoms with E-state index in [4.69, 9.17) is 23.7 Å². The molecule has 14 atom stereocenters. The van der Waals surface area contributed by atoms with Gasteiger partial charge in [-0.3, -0.25) is 0 Å². The highest BCUT2D eigenvalue weighted by molar-refractivity contribution is 4.97. The van der Waals surface area contributed by atoms with Crippen LogP contribution in [0.25, 0.3) is 0 Å². The first-order valence-corrected chi connectivity index (χ1v) is 10.6. The van der Waals surface area contributed by atoms with Crippen molar-refractivity contribution in [3.63, 3.8) is 0 Å². The van der Waals surface area contributed by atoms with Crippen LogP contribution in [0.5, 0.6) is 0 Å². The van der Waals surface area contributed by atoms with Crippen molar-refractivity contribution in [2.75, 3.05) is 26.4 Å². The Morgan fingerprint density at radius 2 is 1.06 bits per heavy atom. The maximum atomic E-state index is 10.6. The highest BCUT2D eigenvalue weighted by atomic mass is 16.7. The normalized spacial score (nSPS) is 52.1. The number of hydrogen-bond donors (Lipinski definition) is 11. The lowest BCUT2D eigenvalue weighted by Gasteiger charge is -2.40. The lowest BCUT2D eigenvalue weighted by molar-refractivity contribution is -0.335. The minimum Gasteiger partial charge on any atom is -0.394 e. The van der Waals surface area contributed by atoms with Crippen LogP contribution in [0.2, 0.25) is 0 Å². The second-order valence-electron chi connectivity index (χ2n) is 8.48. The van der Waals surface area contributed by atoms with E-state index in [0.29, 0.717) is 0 Å². The highest BCUT2D eigenvalue weighted by Gasteiger charge is 2.55. The van der Waals surface area contributed by atoms with E-state index < -0.39 is 112 Å². The van der Waals surface area contributed by atoms with Crippen molar-refractivity contribution in [3.8, 4) is 0 Å². The van der Waals surface area contributed by atoms with Gasteiger partial charge in [-0.1, -0.05) is 0 Å². The highest BCUT2D eigenvalue weighted by Crippen LogP contribution is 2.32. The van der Waals surface area contributed by atoms with Crippen LogP contribution in [0.1, 0.15) is 0 Å². The summed E-state index contributed by atoms with van der Waals surface area (Å²) in [6.45, 7) is -2.90. The molecular weight excluding hydrogens is 472 g/mol. The Labute approximate surface area is 192 Å². The molecule has 0 saturated carbocycles. The SMILES string of the molecule is OC[C@H]1O[C@H](OC[C@]2(O)O[C@H](CO[C@H]3O[C@H](CO)[C@@H](O)[C@H](O)[C@H]3O)[C@@H](O)[C@@H]2O)[C@@H](O)[C@@H](O)[C@@H]1O. The summed E-state index contributed by atoms with van der Waals surface area (Å²) in [6, 6.07) is 0. The Hall–Kier alpha value is -0.640. The van der Waals surface area contributed by atoms with Crippen LogP contribution in [0, 0.1) is 0 Å². The van der Waals surface area contributed by atoms with E-state index >= 15 is 0 Å². The molecule has 11 N–H and O–H groups in total. The van der Waals surface area contributed by atoms with Crippen LogP contribution >= 0.6 is 0 Å². The average Bonchev–Trinajstić information content (AvgIpc) is 3.04. The Morgan fingerprint density at radius 1 is 0.588 bits per heavy atom. The molecule has 0 aliphatic carbocycles. The largest absolute Gasteiger partial charge is 0.394 e. The van der Waals surface area contributed by atoms with Gasteiger partial charge in [0.15, 0.2) is 12.6 Å². The van der Waals surface area contributed by atoms with Gasteiger partial charge in [0.2, 0.25) is 5.79 Å². The second-order valence-corrected chi connectivity index (χ2v) is 8.48. The molecule has 34 heavy (non-hydrogen) atoms. The fraction of sp³-hybridized carbons (Fsp3) is 1.00. The average molecular weight is 504 g/mol. The van der Waals surface area contributed by atoms with Crippen molar-refractivity contribution in [3.05, 3.63) is 0 Å². The van der Waals surface area contributed by atoms with E-state index in [1.54, 1.807) is 0 Å². The zero-order valence-electron chi connectivity index (χ0n) is 17.8. The molecule has 0 unspecified atom stereocenters. The summed E-state index contributed by atoms with van der Waals surface area (Å²) in [7, 11) is 0. The molecule has 0 aromatic rings. The van der Waals surface area contributed by atoms with Crippen molar-refractivity contribution in [1.82, 2.24) is 0 Å². The van der Waals surface area contributed by atoms with Gasteiger partial charge in [0, 0.05) is 0 Å². The van der Waals surface area contributed by atoms with Gasteiger partial charge in [-0.2, -0.15) is 0 Å². The van der Waals surface area contributed by atoms with Gasteiger partial charge in [-0.05, 0) is 0 Å². The van der Waals surface area contributed by atoms with Gasteiger partial charge in [-0.25, -0.2) is 0 Å². The first kappa shape index (κ1) is 27.9. The molecule has 0 radical (unpaired) electrons. The van der Waals surface area contributed by atoms with Crippen molar-refractivity contribution in [1.29, 1.82) is 0 Å². The van der Waals surface area contributed by atoms with Crippen LogP contribution in [-0.4, -0.2) is 168 Å². The fourth-order valence-electron chi connectivity index (χ4n) is 3.93. The molecule has 0 spiro atoms. The molecule has 0 bridgehead atoms. The van der Waals surface area contributed by atoms with E-state index in [0.717, 1.165) is 0 Å². The second kappa shape index (κ2) is 11.2. The Bertz CT molecular complexity index is 651. The molecule has 3 heterocycles. The molecule has 200 valence electrons. The molecule has 3 aliphatic rings. The van der Waals surface area contributed by atoms with Gasteiger partial charge < -0.3 is 79.9 Å². The van der Waals surface area contributed by atoms with Gasteiger partial charge in [0.1, 0.15) is 73.8 Å². The molecular formula is C18H32O16. The number of rotatable bonds is 8. The lowest BCUT2D eigenvalue weighted by atomic mass is 9.99. The molecule has 3 fully saturated rings. The standard InChI is InChI=1S/C18H32O16/c19-1-5-8(21)11(24)13(26)16(32-5)30-3-7-10(23)15(28)18(29,34-7)4-31-17-14(27)12(25)9(22)6(2-20)33-17/h5-17,19-29H,1-4H2/t5-,6-,7-,8-,9-,10-,11+,12+,13-,14+,15+,16+,17+,18+/m1/s1. The van der Waals surface area contributed by atoms with E-state index in [2.05, 4.69) is 0 Å². The summed E-state index contributed by atoms with van der Waals surface area (Å²) < 4.78 is 25.9. The van der Waals surface area contributed by atoms with Crippen molar-refractivity contribution < 1.29 is 79.9 Å². The predicted octanol–water partition coefficient (Wildman–Crippen LogP) is -7.57. The summed E-state index contributed by atoms with van der Waals surface area (Å²) in [5.74, 6) is -2.55. The van der Waals surface area contributed by atoms with Crippen molar-refractivity contribution in [2.45, 2.75) is 85.5 Å². The zero-order chi connectivity index (χ0) is 25.4. The quantitative estimate of drug-likeness (QED) is 0.146. The van der Waals surface area contributed by atoms with Gasteiger partial charge in [0.25, 0.3) is 0 Å². The lowest BCUT2D eigenvalue weighted by Crippen LogP contribution is -2.60. The zero-order valence-corrected chi connectivity index (χ0v) is 17.8. The van der Waals surface area contributed by atoms with Crippen molar-refractivity contribution >= 4 is 0 Å². The molecule has 16 nitrogen and oxygen atoms in total. The Kier molecular flexibility index (Phi) is 9.18. The van der Waals surface area contributed by atoms with Gasteiger partial charge >= 0.3 is 0 Å². The third-order valence-corrected chi connectivity index (χ3v) is 6.10. The molecule has 3 rings (SSSR count). The first-order valence-electron chi connectivity index (χ1n) is 10.6. The maximum absolute atomic E-state index is 10.6. The van der Waals surface area contributed by atoms with Crippen LogP contribution < -0.4 is 0 Å².